The zero-order valence-electron chi connectivity index (χ0n) is 16.3. The van der Waals surface area contributed by atoms with Crippen molar-refractivity contribution in [2.75, 3.05) is 30.7 Å². The van der Waals surface area contributed by atoms with Crippen molar-refractivity contribution >= 4 is 42.1 Å². The standard InChI is InChI=1S/C21H27N3O2.2ClH/c1-15(2)13-24-12-11-18(14-24)26-17-9-7-16(8-10-17)21(25)23-20-6-4-3-5-19(20)22;;/h3-10,15,18H,11-14,22H2,1-2H3,(H,23,25);2*1H/t18-;;/m0../s1. The van der Waals surface area contributed by atoms with Crippen molar-refractivity contribution in [1.82, 2.24) is 4.90 Å². The van der Waals surface area contributed by atoms with Gasteiger partial charge in [-0.1, -0.05) is 26.0 Å². The van der Waals surface area contributed by atoms with Crippen LogP contribution in [0.1, 0.15) is 30.6 Å². The number of hydrogen-bond acceptors (Lipinski definition) is 4. The van der Waals surface area contributed by atoms with E-state index in [1.165, 1.54) is 0 Å². The Hall–Kier alpha value is -1.95. The number of amides is 1. The largest absolute Gasteiger partial charge is 0.489 e. The number of benzene rings is 2. The molecule has 1 aliphatic heterocycles. The number of rotatable bonds is 6. The van der Waals surface area contributed by atoms with Crippen LogP contribution in [-0.2, 0) is 0 Å². The SMILES string of the molecule is CC(C)CN1CC[C@H](Oc2ccc(C(=O)Nc3ccccc3N)cc2)C1.Cl.Cl. The lowest BCUT2D eigenvalue weighted by Crippen LogP contribution is -2.28. The minimum Gasteiger partial charge on any atom is -0.489 e. The maximum atomic E-state index is 12.4. The van der Waals surface area contributed by atoms with Gasteiger partial charge in [0.2, 0.25) is 0 Å². The van der Waals surface area contributed by atoms with Gasteiger partial charge in [-0.15, -0.1) is 24.8 Å². The highest BCUT2D eigenvalue weighted by atomic mass is 35.5. The molecule has 7 heteroatoms. The lowest BCUT2D eigenvalue weighted by atomic mass is 10.2. The summed E-state index contributed by atoms with van der Waals surface area (Å²) in [4.78, 5) is 14.8. The molecule has 3 N–H and O–H groups in total. The Bertz CT molecular complexity index is 754. The zero-order valence-corrected chi connectivity index (χ0v) is 17.9. The number of para-hydroxylation sites is 2. The first-order chi connectivity index (χ1) is 12.5. The number of ether oxygens (including phenoxy) is 1. The van der Waals surface area contributed by atoms with Crippen molar-refractivity contribution in [1.29, 1.82) is 0 Å². The van der Waals surface area contributed by atoms with E-state index in [-0.39, 0.29) is 36.8 Å². The predicted octanol–water partition coefficient (Wildman–Crippen LogP) is 4.47. The molecular weight excluding hydrogens is 397 g/mol. The van der Waals surface area contributed by atoms with Gasteiger partial charge in [0.15, 0.2) is 0 Å². The minimum atomic E-state index is -0.182. The Morgan fingerprint density at radius 1 is 1.18 bits per heavy atom. The normalized spacial score (nSPS) is 16.2. The van der Waals surface area contributed by atoms with Gasteiger partial charge in [-0.25, -0.2) is 0 Å². The predicted molar refractivity (Wildman–Crippen MR) is 120 cm³/mol. The number of nitrogens with zero attached hydrogens (tertiary/aromatic N) is 1. The Morgan fingerprint density at radius 3 is 2.50 bits per heavy atom. The number of nitrogens with one attached hydrogen (secondary N) is 1. The van der Waals surface area contributed by atoms with Crippen LogP contribution in [0.25, 0.3) is 0 Å². The third kappa shape index (κ3) is 6.59. The van der Waals surface area contributed by atoms with E-state index < -0.39 is 0 Å². The molecule has 1 amide bonds. The maximum absolute atomic E-state index is 12.4. The van der Waals surface area contributed by atoms with E-state index in [9.17, 15) is 4.79 Å². The summed E-state index contributed by atoms with van der Waals surface area (Å²) in [5.74, 6) is 1.29. The van der Waals surface area contributed by atoms with E-state index >= 15 is 0 Å². The summed E-state index contributed by atoms with van der Waals surface area (Å²) < 4.78 is 6.07. The monoisotopic (exact) mass is 425 g/mol. The average Bonchev–Trinajstić information content (AvgIpc) is 3.03. The highest BCUT2D eigenvalue weighted by Crippen LogP contribution is 2.21. The molecule has 0 bridgehead atoms. The Kier molecular flexibility index (Phi) is 9.59. The number of carbonyl (C=O) groups is 1. The van der Waals surface area contributed by atoms with Gasteiger partial charge < -0.3 is 15.8 Å². The van der Waals surface area contributed by atoms with Crippen LogP contribution in [0.5, 0.6) is 5.75 Å². The second-order valence-electron chi connectivity index (χ2n) is 7.25. The Balaban J connectivity index is 0.00000196. The number of halogens is 2. The van der Waals surface area contributed by atoms with Crippen LogP contribution >= 0.6 is 24.8 Å². The van der Waals surface area contributed by atoms with Gasteiger partial charge in [0.05, 0.1) is 11.4 Å². The van der Waals surface area contributed by atoms with Gasteiger partial charge in [0.25, 0.3) is 5.91 Å². The highest BCUT2D eigenvalue weighted by Gasteiger charge is 2.24. The van der Waals surface area contributed by atoms with E-state index in [2.05, 4.69) is 24.1 Å². The first kappa shape index (κ1) is 24.1. The maximum Gasteiger partial charge on any atom is 0.255 e. The fourth-order valence-electron chi connectivity index (χ4n) is 3.26. The summed E-state index contributed by atoms with van der Waals surface area (Å²) in [6, 6.07) is 14.5. The number of anilines is 2. The third-order valence-corrected chi connectivity index (χ3v) is 4.48. The molecule has 0 radical (unpaired) electrons. The molecule has 1 atom stereocenters. The molecule has 0 aromatic heterocycles. The molecule has 1 heterocycles. The summed E-state index contributed by atoms with van der Waals surface area (Å²) in [5, 5.41) is 2.83. The molecule has 154 valence electrons. The third-order valence-electron chi connectivity index (χ3n) is 4.48. The van der Waals surface area contributed by atoms with Crippen molar-refractivity contribution in [3.8, 4) is 5.75 Å². The van der Waals surface area contributed by atoms with E-state index in [0.29, 0.717) is 22.9 Å². The smallest absolute Gasteiger partial charge is 0.255 e. The summed E-state index contributed by atoms with van der Waals surface area (Å²) >= 11 is 0. The quantitative estimate of drug-likeness (QED) is 0.669. The molecule has 0 saturated carbocycles. The van der Waals surface area contributed by atoms with Gasteiger partial charge in [0.1, 0.15) is 11.9 Å². The molecule has 1 fully saturated rings. The van der Waals surface area contributed by atoms with Crippen molar-refractivity contribution in [3.63, 3.8) is 0 Å². The molecule has 0 aliphatic carbocycles. The molecule has 0 spiro atoms. The Morgan fingerprint density at radius 2 is 1.86 bits per heavy atom. The molecule has 5 nitrogen and oxygen atoms in total. The lowest BCUT2D eigenvalue weighted by Gasteiger charge is -2.18. The van der Waals surface area contributed by atoms with Gasteiger partial charge >= 0.3 is 0 Å². The van der Waals surface area contributed by atoms with Gasteiger partial charge in [0, 0.05) is 25.2 Å². The molecule has 3 rings (SSSR count). The molecule has 2 aromatic carbocycles. The van der Waals surface area contributed by atoms with Gasteiger partial charge in [-0.05, 0) is 48.7 Å². The van der Waals surface area contributed by atoms with E-state index in [4.69, 9.17) is 10.5 Å². The molecule has 2 aromatic rings. The number of hydrogen-bond donors (Lipinski definition) is 2. The van der Waals surface area contributed by atoms with Crippen LogP contribution in [0.2, 0.25) is 0 Å². The van der Waals surface area contributed by atoms with E-state index in [1.54, 1.807) is 24.3 Å². The summed E-state index contributed by atoms with van der Waals surface area (Å²) in [7, 11) is 0. The van der Waals surface area contributed by atoms with E-state index in [1.807, 2.05) is 24.3 Å². The first-order valence-electron chi connectivity index (χ1n) is 9.16. The number of nitrogens with two attached hydrogens (primary N) is 1. The van der Waals surface area contributed by atoms with Crippen molar-refractivity contribution in [2.24, 2.45) is 5.92 Å². The van der Waals surface area contributed by atoms with Crippen LogP contribution < -0.4 is 15.8 Å². The average molecular weight is 426 g/mol. The second kappa shape index (κ2) is 11.1. The fourth-order valence-corrected chi connectivity index (χ4v) is 3.26. The fraction of sp³-hybridized carbons (Fsp3) is 0.381. The molecule has 1 aliphatic rings. The Labute approximate surface area is 179 Å². The van der Waals surface area contributed by atoms with Crippen molar-refractivity contribution in [2.45, 2.75) is 26.4 Å². The van der Waals surface area contributed by atoms with Crippen LogP contribution in [0.4, 0.5) is 11.4 Å². The molecule has 0 unspecified atom stereocenters. The van der Waals surface area contributed by atoms with E-state index in [0.717, 1.165) is 31.8 Å². The van der Waals surface area contributed by atoms with Crippen LogP contribution in [0, 0.1) is 5.92 Å². The van der Waals surface area contributed by atoms with Gasteiger partial charge in [-0.3, -0.25) is 9.69 Å². The van der Waals surface area contributed by atoms with Gasteiger partial charge in [-0.2, -0.15) is 0 Å². The zero-order chi connectivity index (χ0) is 18.5. The first-order valence-corrected chi connectivity index (χ1v) is 9.16. The minimum absolute atomic E-state index is 0. The number of likely N-dealkylation sites (tertiary alicyclic amines) is 1. The number of nitrogen functional groups attached to an aromatic ring is 1. The number of carbonyl (C=O) groups excluding carboxylic acids is 1. The highest BCUT2D eigenvalue weighted by molar-refractivity contribution is 6.05. The molecule has 1 saturated heterocycles. The summed E-state index contributed by atoms with van der Waals surface area (Å²) in [6.07, 6.45) is 1.26. The van der Waals surface area contributed by atoms with Crippen LogP contribution in [0.3, 0.4) is 0 Å². The summed E-state index contributed by atoms with van der Waals surface area (Å²) in [5.41, 5.74) is 7.61. The van der Waals surface area contributed by atoms with Crippen molar-refractivity contribution < 1.29 is 9.53 Å². The summed E-state index contributed by atoms with van der Waals surface area (Å²) in [6.45, 7) is 7.64. The molecule has 28 heavy (non-hydrogen) atoms. The van der Waals surface area contributed by atoms with Crippen LogP contribution in [0.15, 0.2) is 48.5 Å². The van der Waals surface area contributed by atoms with Crippen LogP contribution in [-0.4, -0.2) is 36.5 Å². The second-order valence-corrected chi connectivity index (χ2v) is 7.25. The molecular formula is C21H29Cl2N3O2. The topological polar surface area (TPSA) is 67.6 Å². The van der Waals surface area contributed by atoms with Crippen molar-refractivity contribution in [3.05, 3.63) is 54.1 Å². The lowest BCUT2D eigenvalue weighted by molar-refractivity contribution is 0.102.